The molecule has 0 atom stereocenters. The van der Waals surface area contributed by atoms with E-state index in [1.807, 2.05) is 31.3 Å². The fourth-order valence-electron chi connectivity index (χ4n) is 2.66. The average molecular weight is 435 g/mol. The number of aryl methyl sites for hydroxylation is 2. The molecular weight excluding hydrogens is 410 g/mol. The van der Waals surface area contributed by atoms with Crippen LogP contribution >= 0.6 is 11.8 Å². The predicted molar refractivity (Wildman–Crippen MR) is 110 cm³/mol. The topological polar surface area (TPSA) is 74.1 Å². The molecule has 0 spiro atoms. The first-order valence-electron chi connectivity index (χ1n) is 9.07. The molecule has 2 aromatic carbocycles. The number of ether oxygens (including phenoxy) is 2. The maximum absolute atomic E-state index is 5.98. The number of halogens is 1. The van der Waals surface area contributed by atoms with Crippen molar-refractivity contribution in [3.8, 4) is 11.5 Å². The van der Waals surface area contributed by atoms with Crippen LogP contribution in [0.3, 0.4) is 0 Å². The van der Waals surface area contributed by atoms with Crippen LogP contribution in [0.2, 0.25) is 0 Å². The molecule has 0 aliphatic heterocycles. The van der Waals surface area contributed by atoms with Gasteiger partial charge in [0.2, 0.25) is 5.16 Å². The predicted octanol–water partition coefficient (Wildman–Crippen LogP) is -0.00798. The third-order valence-electron chi connectivity index (χ3n) is 4.29. The third-order valence-corrected chi connectivity index (χ3v) is 5.31. The molecule has 0 radical (unpaired) electrons. The molecule has 0 aliphatic carbocycles. The SMILES string of the molecule is COc1cc(CNCCSc2nnnn2C)ccc1OCc1ccccc1C.[Cl-]. The summed E-state index contributed by atoms with van der Waals surface area (Å²) < 4.78 is 13.2. The van der Waals surface area contributed by atoms with Gasteiger partial charge in [0.1, 0.15) is 6.61 Å². The van der Waals surface area contributed by atoms with E-state index in [1.165, 1.54) is 11.1 Å². The third kappa shape index (κ3) is 6.62. The fraction of sp³-hybridized carbons (Fsp3) is 0.350. The van der Waals surface area contributed by atoms with Gasteiger partial charge in [0.15, 0.2) is 11.5 Å². The smallest absolute Gasteiger partial charge is 0.209 e. The van der Waals surface area contributed by atoms with Crippen LogP contribution in [0.15, 0.2) is 47.6 Å². The van der Waals surface area contributed by atoms with Gasteiger partial charge < -0.3 is 27.2 Å². The molecule has 1 N–H and O–H groups in total. The Kier molecular flexibility index (Phi) is 9.24. The Morgan fingerprint density at radius 1 is 1.14 bits per heavy atom. The Bertz CT molecular complexity index is 906. The molecule has 156 valence electrons. The molecule has 0 saturated heterocycles. The number of aromatic nitrogens is 4. The average Bonchev–Trinajstić information content (AvgIpc) is 3.12. The summed E-state index contributed by atoms with van der Waals surface area (Å²) in [6.07, 6.45) is 0. The highest BCUT2D eigenvalue weighted by Gasteiger charge is 2.07. The lowest BCUT2D eigenvalue weighted by molar-refractivity contribution is -0.00000658. The van der Waals surface area contributed by atoms with Gasteiger partial charge in [-0.2, -0.15) is 0 Å². The van der Waals surface area contributed by atoms with Crippen LogP contribution in [0.5, 0.6) is 11.5 Å². The molecule has 0 bridgehead atoms. The van der Waals surface area contributed by atoms with Crippen LogP contribution in [-0.2, 0) is 20.2 Å². The van der Waals surface area contributed by atoms with E-state index >= 15 is 0 Å². The number of hydrogen-bond donors (Lipinski definition) is 1. The van der Waals surface area contributed by atoms with Gasteiger partial charge in [-0.05, 0) is 46.2 Å². The standard InChI is InChI=1S/C20H25N5O2S.ClH/c1-15-6-4-5-7-17(15)14-27-18-9-8-16(12-19(18)26-3)13-21-10-11-28-20-22-23-24-25(20)2;/h4-9,12,21H,10-11,13-14H2,1-3H3;1H/p-1. The Morgan fingerprint density at radius 2 is 1.97 bits per heavy atom. The Morgan fingerprint density at radius 3 is 2.69 bits per heavy atom. The van der Waals surface area contributed by atoms with E-state index in [1.54, 1.807) is 23.6 Å². The van der Waals surface area contributed by atoms with E-state index in [0.717, 1.165) is 41.1 Å². The van der Waals surface area contributed by atoms with Crippen molar-refractivity contribution in [1.82, 2.24) is 25.5 Å². The van der Waals surface area contributed by atoms with Crippen LogP contribution in [0.25, 0.3) is 0 Å². The summed E-state index contributed by atoms with van der Waals surface area (Å²) >= 11 is 1.62. The van der Waals surface area contributed by atoms with Crippen molar-refractivity contribution >= 4 is 11.8 Å². The summed E-state index contributed by atoms with van der Waals surface area (Å²) in [6, 6.07) is 14.3. The van der Waals surface area contributed by atoms with E-state index in [0.29, 0.717) is 6.61 Å². The summed E-state index contributed by atoms with van der Waals surface area (Å²) in [4.78, 5) is 0. The molecular formula is C20H25ClN5O2S-. The van der Waals surface area contributed by atoms with Gasteiger partial charge in [0, 0.05) is 25.9 Å². The number of thioether (sulfide) groups is 1. The monoisotopic (exact) mass is 434 g/mol. The van der Waals surface area contributed by atoms with Crippen LogP contribution in [0, 0.1) is 6.92 Å². The zero-order valence-electron chi connectivity index (χ0n) is 16.8. The lowest BCUT2D eigenvalue weighted by Gasteiger charge is -2.13. The number of nitrogens with zero attached hydrogens (tertiary/aromatic N) is 4. The van der Waals surface area contributed by atoms with Gasteiger partial charge in [-0.25, -0.2) is 4.68 Å². The Labute approximate surface area is 181 Å². The molecule has 3 rings (SSSR count). The van der Waals surface area contributed by atoms with Crippen LogP contribution < -0.4 is 27.2 Å². The lowest BCUT2D eigenvalue weighted by Crippen LogP contribution is -3.00. The summed E-state index contributed by atoms with van der Waals surface area (Å²) in [6.45, 7) is 4.22. The quantitative estimate of drug-likeness (QED) is 0.355. The Balaban J connectivity index is 0.00000300. The number of benzene rings is 2. The van der Waals surface area contributed by atoms with Gasteiger partial charge in [0.25, 0.3) is 0 Å². The minimum atomic E-state index is 0. The first kappa shape index (κ1) is 23.0. The van der Waals surface area contributed by atoms with E-state index in [9.17, 15) is 0 Å². The molecule has 0 aliphatic rings. The number of rotatable bonds is 10. The highest BCUT2D eigenvalue weighted by Crippen LogP contribution is 2.29. The minimum absolute atomic E-state index is 0. The molecule has 9 heteroatoms. The number of nitrogens with one attached hydrogen (secondary N) is 1. The molecule has 7 nitrogen and oxygen atoms in total. The van der Waals surface area contributed by atoms with Gasteiger partial charge in [0.05, 0.1) is 7.11 Å². The fourth-order valence-corrected chi connectivity index (χ4v) is 3.41. The molecule has 1 heterocycles. The molecule has 0 unspecified atom stereocenters. The number of methoxy groups -OCH3 is 1. The van der Waals surface area contributed by atoms with E-state index in [4.69, 9.17) is 9.47 Å². The zero-order valence-corrected chi connectivity index (χ0v) is 18.3. The van der Waals surface area contributed by atoms with Crippen molar-refractivity contribution < 1.29 is 21.9 Å². The largest absolute Gasteiger partial charge is 1.00 e. The normalized spacial score (nSPS) is 10.4. The van der Waals surface area contributed by atoms with Gasteiger partial charge in [-0.1, -0.05) is 42.1 Å². The van der Waals surface area contributed by atoms with E-state index < -0.39 is 0 Å². The van der Waals surface area contributed by atoms with Crippen molar-refractivity contribution in [3.63, 3.8) is 0 Å². The van der Waals surface area contributed by atoms with E-state index in [2.05, 4.69) is 46.0 Å². The highest BCUT2D eigenvalue weighted by atomic mass is 35.5. The summed E-state index contributed by atoms with van der Waals surface area (Å²) in [5, 5.41) is 15.6. The van der Waals surface area contributed by atoms with Crippen molar-refractivity contribution in [1.29, 1.82) is 0 Å². The molecule has 0 saturated carbocycles. The molecule has 3 aromatic rings. The summed E-state index contributed by atoms with van der Waals surface area (Å²) in [5.74, 6) is 2.38. The number of tetrazole rings is 1. The van der Waals surface area contributed by atoms with Crippen molar-refractivity contribution in [3.05, 3.63) is 59.2 Å². The van der Waals surface area contributed by atoms with Crippen molar-refractivity contribution in [2.24, 2.45) is 7.05 Å². The first-order chi connectivity index (χ1) is 13.7. The first-order valence-corrected chi connectivity index (χ1v) is 10.1. The van der Waals surface area contributed by atoms with Gasteiger partial charge >= 0.3 is 0 Å². The number of hydrogen-bond acceptors (Lipinski definition) is 7. The Hall–Kier alpha value is -2.29. The van der Waals surface area contributed by atoms with Gasteiger partial charge in [-0.15, -0.1) is 5.10 Å². The minimum Gasteiger partial charge on any atom is -1.00 e. The van der Waals surface area contributed by atoms with Crippen molar-refractivity contribution in [2.45, 2.75) is 25.2 Å². The second-order valence-electron chi connectivity index (χ2n) is 6.31. The second kappa shape index (κ2) is 11.6. The molecule has 29 heavy (non-hydrogen) atoms. The highest BCUT2D eigenvalue weighted by molar-refractivity contribution is 7.99. The molecule has 0 amide bonds. The molecule has 1 aromatic heterocycles. The summed E-state index contributed by atoms with van der Waals surface area (Å²) in [7, 11) is 3.50. The van der Waals surface area contributed by atoms with E-state index in [-0.39, 0.29) is 12.4 Å². The maximum Gasteiger partial charge on any atom is 0.209 e. The molecule has 0 fully saturated rings. The van der Waals surface area contributed by atoms with Crippen LogP contribution in [-0.4, -0.2) is 39.6 Å². The lowest BCUT2D eigenvalue weighted by atomic mass is 10.1. The van der Waals surface area contributed by atoms with Crippen molar-refractivity contribution in [2.75, 3.05) is 19.4 Å². The maximum atomic E-state index is 5.98. The second-order valence-corrected chi connectivity index (χ2v) is 7.37. The van der Waals surface area contributed by atoms with Gasteiger partial charge in [-0.3, -0.25) is 0 Å². The summed E-state index contributed by atoms with van der Waals surface area (Å²) in [5.41, 5.74) is 3.54. The van der Waals surface area contributed by atoms with Crippen LogP contribution in [0.1, 0.15) is 16.7 Å². The zero-order chi connectivity index (χ0) is 19.8. The van der Waals surface area contributed by atoms with Crippen LogP contribution in [0.4, 0.5) is 0 Å².